The van der Waals surface area contributed by atoms with E-state index in [9.17, 15) is 4.79 Å². The highest BCUT2D eigenvalue weighted by atomic mass is 35.5. The first kappa shape index (κ1) is 11.1. The van der Waals surface area contributed by atoms with E-state index in [1.807, 2.05) is 0 Å². The summed E-state index contributed by atoms with van der Waals surface area (Å²) in [5.74, 6) is 0.684. The van der Waals surface area contributed by atoms with Crippen LogP contribution in [0.4, 0.5) is 0 Å². The van der Waals surface area contributed by atoms with Crippen LogP contribution in [0.15, 0.2) is 45.4 Å². The molecular weight excluding hydrogens is 252 g/mol. The number of hydrogen-bond acceptors (Lipinski definition) is 3. The first-order valence-electron chi connectivity index (χ1n) is 5.43. The summed E-state index contributed by atoms with van der Waals surface area (Å²) in [6.45, 7) is 1.74. The monoisotopic (exact) mass is 260 g/mol. The average Bonchev–Trinajstić information content (AvgIpc) is 2.93. The third-order valence-electron chi connectivity index (χ3n) is 2.81. The Hall–Kier alpha value is -2.00. The molecule has 0 bridgehead atoms. The molecule has 0 aliphatic rings. The summed E-state index contributed by atoms with van der Waals surface area (Å²) >= 11 is 5.89. The Morgan fingerprint density at radius 1 is 1.22 bits per heavy atom. The molecule has 0 radical (unpaired) electrons. The highest BCUT2D eigenvalue weighted by Gasteiger charge is 2.18. The highest BCUT2D eigenvalue weighted by molar-refractivity contribution is 6.31. The number of halogens is 1. The predicted octanol–water partition coefficient (Wildman–Crippen LogP) is 4.22. The van der Waals surface area contributed by atoms with Crippen LogP contribution in [0.2, 0.25) is 5.02 Å². The second-order valence-corrected chi connectivity index (χ2v) is 4.45. The van der Waals surface area contributed by atoms with Gasteiger partial charge in [0.05, 0.1) is 11.8 Å². The first-order chi connectivity index (χ1) is 8.65. The van der Waals surface area contributed by atoms with Crippen LogP contribution in [0.3, 0.4) is 0 Å². The van der Waals surface area contributed by atoms with E-state index in [-0.39, 0.29) is 11.5 Å². The second-order valence-electron chi connectivity index (χ2n) is 4.01. The van der Waals surface area contributed by atoms with Gasteiger partial charge in [-0.25, -0.2) is 0 Å². The zero-order valence-electron chi connectivity index (χ0n) is 9.57. The molecule has 18 heavy (non-hydrogen) atoms. The van der Waals surface area contributed by atoms with Crippen molar-refractivity contribution in [3.8, 4) is 0 Å². The standard InChI is InChI=1S/C14H9ClO3/c1-8-11(4-5-17-8)14(16)13-7-9-6-10(15)2-3-12(9)18-13/h2-7H,1H3. The van der Waals surface area contributed by atoms with Gasteiger partial charge in [0, 0.05) is 10.4 Å². The van der Waals surface area contributed by atoms with Gasteiger partial charge in [-0.05, 0) is 37.3 Å². The van der Waals surface area contributed by atoms with Gasteiger partial charge >= 0.3 is 0 Å². The molecule has 3 nitrogen and oxygen atoms in total. The van der Waals surface area contributed by atoms with Gasteiger partial charge in [-0.2, -0.15) is 0 Å². The molecule has 0 unspecified atom stereocenters. The van der Waals surface area contributed by atoms with Crippen LogP contribution in [0.5, 0.6) is 0 Å². The van der Waals surface area contributed by atoms with Gasteiger partial charge in [0.25, 0.3) is 0 Å². The maximum atomic E-state index is 12.2. The number of furan rings is 2. The Labute approximate surface area is 108 Å². The van der Waals surface area contributed by atoms with Crippen LogP contribution in [0.25, 0.3) is 11.0 Å². The number of carbonyl (C=O) groups is 1. The van der Waals surface area contributed by atoms with E-state index >= 15 is 0 Å². The topological polar surface area (TPSA) is 43.4 Å². The van der Waals surface area contributed by atoms with Crippen molar-refractivity contribution in [1.82, 2.24) is 0 Å². The average molecular weight is 261 g/mol. The van der Waals surface area contributed by atoms with Gasteiger partial charge in [-0.3, -0.25) is 4.79 Å². The predicted molar refractivity (Wildman–Crippen MR) is 68.1 cm³/mol. The molecule has 0 atom stereocenters. The van der Waals surface area contributed by atoms with Gasteiger partial charge in [-0.1, -0.05) is 11.6 Å². The molecule has 0 fully saturated rings. The van der Waals surface area contributed by atoms with Crippen molar-refractivity contribution < 1.29 is 13.6 Å². The Bertz CT molecular complexity index is 736. The van der Waals surface area contributed by atoms with E-state index < -0.39 is 0 Å². The van der Waals surface area contributed by atoms with E-state index in [2.05, 4.69) is 0 Å². The van der Waals surface area contributed by atoms with Crippen molar-refractivity contribution in [3.63, 3.8) is 0 Å². The molecule has 1 aromatic carbocycles. The number of ketones is 1. The Morgan fingerprint density at radius 2 is 2.06 bits per heavy atom. The van der Waals surface area contributed by atoms with Crippen LogP contribution in [-0.2, 0) is 0 Å². The van der Waals surface area contributed by atoms with Crippen molar-refractivity contribution in [2.24, 2.45) is 0 Å². The third-order valence-corrected chi connectivity index (χ3v) is 3.04. The summed E-state index contributed by atoms with van der Waals surface area (Å²) in [5, 5.41) is 1.42. The lowest BCUT2D eigenvalue weighted by molar-refractivity contribution is 0.101. The number of fused-ring (bicyclic) bond motifs is 1. The van der Waals surface area contributed by atoms with Crippen molar-refractivity contribution in [2.45, 2.75) is 6.92 Å². The first-order valence-corrected chi connectivity index (χ1v) is 5.81. The van der Waals surface area contributed by atoms with Crippen molar-refractivity contribution in [3.05, 3.63) is 58.7 Å². The van der Waals surface area contributed by atoms with Gasteiger partial charge in [0.1, 0.15) is 11.3 Å². The van der Waals surface area contributed by atoms with E-state index in [0.29, 0.717) is 21.9 Å². The van der Waals surface area contributed by atoms with Crippen molar-refractivity contribution in [1.29, 1.82) is 0 Å². The van der Waals surface area contributed by atoms with Gasteiger partial charge in [0.15, 0.2) is 5.76 Å². The molecule has 0 aliphatic carbocycles. The zero-order valence-corrected chi connectivity index (χ0v) is 10.3. The minimum Gasteiger partial charge on any atom is -0.469 e. The number of rotatable bonds is 2. The van der Waals surface area contributed by atoms with E-state index in [0.717, 1.165) is 5.39 Å². The number of carbonyl (C=O) groups excluding carboxylic acids is 1. The maximum Gasteiger partial charge on any atom is 0.231 e. The summed E-state index contributed by atoms with van der Waals surface area (Å²) in [5.41, 5.74) is 1.16. The summed E-state index contributed by atoms with van der Waals surface area (Å²) in [6.07, 6.45) is 1.49. The van der Waals surface area contributed by atoms with E-state index in [4.69, 9.17) is 20.4 Å². The van der Waals surface area contributed by atoms with Gasteiger partial charge in [-0.15, -0.1) is 0 Å². The molecule has 90 valence electrons. The molecule has 2 aromatic heterocycles. The van der Waals surface area contributed by atoms with E-state index in [1.165, 1.54) is 6.26 Å². The smallest absolute Gasteiger partial charge is 0.231 e. The SMILES string of the molecule is Cc1occc1C(=O)c1cc2cc(Cl)ccc2o1. The molecule has 0 amide bonds. The fourth-order valence-corrected chi connectivity index (χ4v) is 2.06. The van der Waals surface area contributed by atoms with Crippen molar-refractivity contribution >= 4 is 28.4 Å². The lowest BCUT2D eigenvalue weighted by Crippen LogP contribution is -1.99. The van der Waals surface area contributed by atoms with Gasteiger partial charge in [0.2, 0.25) is 5.78 Å². The van der Waals surface area contributed by atoms with Crippen molar-refractivity contribution in [2.75, 3.05) is 0 Å². The fourth-order valence-electron chi connectivity index (χ4n) is 1.88. The number of aryl methyl sites for hydroxylation is 1. The molecule has 0 saturated carbocycles. The third kappa shape index (κ3) is 1.73. The molecule has 0 N–H and O–H groups in total. The Kier molecular flexibility index (Phi) is 2.49. The molecule has 4 heteroatoms. The minimum absolute atomic E-state index is 0.187. The summed E-state index contributed by atoms with van der Waals surface area (Å²) in [4.78, 5) is 12.2. The molecule has 3 aromatic rings. The molecule has 3 rings (SSSR count). The lowest BCUT2D eigenvalue weighted by atomic mass is 10.1. The van der Waals surface area contributed by atoms with Crippen LogP contribution in [-0.4, -0.2) is 5.78 Å². The number of benzene rings is 1. The summed E-state index contributed by atoms with van der Waals surface area (Å²) < 4.78 is 10.6. The Balaban J connectivity index is 2.10. The summed E-state index contributed by atoms with van der Waals surface area (Å²) in [7, 11) is 0. The van der Waals surface area contributed by atoms with Gasteiger partial charge < -0.3 is 8.83 Å². The quantitative estimate of drug-likeness (QED) is 0.648. The maximum absolute atomic E-state index is 12.2. The highest BCUT2D eigenvalue weighted by Crippen LogP contribution is 2.25. The zero-order chi connectivity index (χ0) is 12.7. The molecule has 0 saturated heterocycles. The largest absolute Gasteiger partial charge is 0.469 e. The second kappa shape index (κ2) is 4.03. The van der Waals surface area contributed by atoms with Crippen LogP contribution in [0, 0.1) is 6.92 Å². The number of hydrogen-bond donors (Lipinski definition) is 0. The summed E-state index contributed by atoms with van der Waals surface area (Å²) in [6, 6.07) is 8.56. The lowest BCUT2D eigenvalue weighted by Gasteiger charge is -1.93. The normalized spacial score (nSPS) is 11.0. The molecular formula is C14H9ClO3. The Morgan fingerprint density at radius 3 is 2.78 bits per heavy atom. The molecule has 2 heterocycles. The molecule has 0 aliphatic heterocycles. The molecule has 0 spiro atoms. The van der Waals surface area contributed by atoms with Crippen LogP contribution < -0.4 is 0 Å². The van der Waals surface area contributed by atoms with Crippen LogP contribution in [0.1, 0.15) is 21.9 Å². The van der Waals surface area contributed by atoms with E-state index in [1.54, 1.807) is 37.3 Å². The van der Waals surface area contributed by atoms with Crippen LogP contribution >= 0.6 is 11.6 Å². The fraction of sp³-hybridized carbons (Fsp3) is 0.0714. The minimum atomic E-state index is -0.187.